The summed E-state index contributed by atoms with van der Waals surface area (Å²) in [5.41, 5.74) is -4.25. The molecule has 0 amide bonds. The van der Waals surface area contributed by atoms with Gasteiger partial charge in [-0.15, -0.1) is 0 Å². The summed E-state index contributed by atoms with van der Waals surface area (Å²) in [4.78, 5) is 12.5. The number of nitrogens with zero attached hydrogens (tertiary/aromatic N) is 4. The van der Waals surface area contributed by atoms with Crippen molar-refractivity contribution in [3.8, 4) is 11.9 Å². The summed E-state index contributed by atoms with van der Waals surface area (Å²) in [5, 5.41) is 2.33. The maximum atomic E-state index is 13.1. The van der Waals surface area contributed by atoms with Crippen LogP contribution in [0.5, 0.6) is 11.9 Å². The van der Waals surface area contributed by atoms with Gasteiger partial charge in [0.25, 0.3) is 0 Å². The predicted octanol–water partition coefficient (Wildman–Crippen LogP) is 4.55. The Hall–Kier alpha value is -2.83. The minimum absolute atomic E-state index is 0.0947. The monoisotopic (exact) mass is 556 g/mol. The molecule has 0 bridgehead atoms. The van der Waals surface area contributed by atoms with Crippen LogP contribution < -0.4 is 13.8 Å². The van der Waals surface area contributed by atoms with Gasteiger partial charge in [0.2, 0.25) is 5.88 Å². The highest BCUT2D eigenvalue weighted by molar-refractivity contribution is 7.87. The second kappa shape index (κ2) is 9.80. The first-order valence-corrected chi connectivity index (χ1v) is 13.5. The number of aromatic nitrogens is 2. The molecule has 0 spiro atoms. The van der Waals surface area contributed by atoms with Crippen LogP contribution in [0.3, 0.4) is 0 Å². The molecule has 2 aliphatic heterocycles. The van der Waals surface area contributed by atoms with Crippen molar-refractivity contribution in [3.63, 3.8) is 0 Å². The predicted molar refractivity (Wildman–Crippen MR) is 132 cm³/mol. The molecule has 1 fully saturated rings. The molecule has 1 unspecified atom stereocenters. The minimum atomic E-state index is -5.93. The van der Waals surface area contributed by atoms with Gasteiger partial charge in [0.1, 0.15) is 6.61 Å². The van der Waals surface area contributed by atoms with E-state index in [1.54, 1.807) is 6.07 Å². The summed E-state index contributed by atoms with van der Waals surface area (Å²) in [6, 6.07) is 11.2. The molecule has 1 aromatic heterocycles. The average molecular weight is 557 g/mol. The summed E-state index contributed by atoms with van der Waals surface area (Å²) in [5.74, 6) is -0.660. The van der Waals surface area contributed by atoms with Crippen LogP contribution in [0.4, 0.5) is 18.9 Å². The molecule has 1 atom stereocenters. The first-order chi connectivity index (χ1) is 17.5. The van der Waals surface area contributed by atoms with Gasteiger partial charge in [-0.25, -0.2) is 0 Å². The number of rotatable bonds is 6. The first-order valence-electron chi connectivity index (χ1n) is 11.7. The van der Waals surface area contributed by atoms with Gasteiger partial charge in [0.15, 0.2) is 0 Å². The van der Waals surface area contributed by atoms with Crippen molar-refractivity contribution < 1.29 is 30.5 Å². The molecule has 3 aromatic rings. The van der Waals surface area contributed by atoms with Gasteiger partial charge in [-0.1, -0.05) is 35.9 Å². The van der Waals surface area contributed by atoms with E-state index in [-0.39, 0.29) is 37.2 Å². The largest absolute Gasteiger partial charge is 0.534 e. The van der Waals surface area contributed by atoms with E-state index in [2.05, 4.69) is 19.1 Å². The molecule has 13 heteroatoms. The Morgan fingerprint density at radius 2 is 1.89 bits per heavy atom. The summed E-state index contributed by atoms with van der Waals surface area (Å²) in [6.07, 6.45) is 2.05. The van der Waals surface area contributed by atoms with Crippen LogP contribution in [0.2, 0.25) is 5.02 Å². The van der Waals surface area contributed by atoms with Crippen molar-refractivity contribution in [3.05, 3.63) is 52.7 Å². The SMILES string of the molecule is CN1CCCC1COc1nc2c(c(OS(=O)(=O)C(F)(F)F)n1)CCN(c1cccc3cccc(Cl)c13)C2. The third-order valence-corrected chi connectivity index (χ3v) is 7.99. The molecule has 5 rings (SSSR count). The fourth-order valence-electron chi connectivity index (χ4n) is 4.76. The summed E-state index contributed by atoms with van der Waals surface area (Å²) in [6.45, 7) is 1.64. The normalized spacial score (nSPS) is 18.7. The molecule has 0 radical (unpaired) electrons. The first kappa shape index (κ1) is 25.8. The number of likely N-dealkylation sites (tertiary alicyclic amines) is 1. The van der Waals surface area contributed by atoms with Crippen LogP contribution in [-0.4, -0.2) is 61.6 Å². The summed E-state index contributed by atoms with van der Waals surface area (Å²) < 4.78 is 73.2. The van der Waals surface area contributed by atoms with Crippen LogP contribution in [0, 0.1) is 0 Å². The van der Waals surface area contributed by atoms with Crippen LogP contribution in [0.15, 0.2) is 36.4 Å². The van der Waals surface area contributed by atoms with Gasteiger partial charge >= 0.3 is 21.6 Å². The van der Waals surface area contributed by atoms with E-state index in [4.69, 9.17) is 16.3 Å². The highest BCUT2D eigenvalue weighted by atomic mass is 35.5. The van der Waals surface area contributed by atoms with Crippen molar-refractivity contribution in [1.29, 1.82) is 0 Å². The van der Waals surface area contributed by atoms with Crippen LogP contribution in [-0.2, 0) is 23.1 Å². The fraction of sp³-hybridized carbons (Fsp3) is 0.417. The zero-order chi connectivity index (χ0) is 26.4. The molecular formula is C24H24ClF3N4O4S. The Balaban J connectivity index is 1.51. The number of benzene rings is 2. The van der Waals surface area contributed by atoms with E-state index < -0.39 is 21.5 Å². The third-order valence-electron chi connectivity index (χ3n) is 6.73. The highest BCUT2D eigenvalue weighted by Gasteiger charge is 2.49. The number of likely N-dealkylation sites (N-methyl/N-ethyl adjacent to an activating group) is 1. The van der Waals surface area contributed by atoms with Gasteiger partial charge in [-0.05, 0) is 50.4 Å². The molecule has 0 aliphatic carbocycles. The fourth-order valence-corrected chi connectivity index (χ4v) is 5.48. The molecule has 0 N–H and O–H groups in total. The number of anilines is 1. The maximum Gasteiger partial charge on any atom is 0.534 e. The molecule has 2 aromatic carbocycles. The Kier molecular flexibility index (Phi) is 6.84. The lowest BCUT2D eigenvalue weighted by molar-refractivity contribution is -0.0502. The number of ether oxygens (including phenoxy) is 1. The van der Waals surface area contributed by atoms with Gasteiger partial charge in [0.05, 0.1) is 17.3 Å². The van der Waals surface area contributed by atoms with Crippen molar-refractivity contribution >= 4 is 38.2 Å². The lowest BCUT2D eigenvalue weighted by atomic mass is 10.0. The zero-order valence-electron chi connectivity index (χ0n) is 19.8. The lowest BCUT2D eigenvalue weighted by Crippen LogP contribution is -2.34. The second-order valence-corrected chi connectivity index (χ2v) is 11.0. The Morgan fingerprint density at radius 1 is 1.14 bits per heavy atom. The molecular weight excluding hydrogens is 533 g/mol. The molecule has 3 heterocycles. The number of alkyl halides is 3. The smallest absolute Gasteiger partial charge is 0.462 e. The third kappa shape index (κ3) is 5.14. The van der Waals surface area contributed by atoms with Crippen LogP contribution in [0.25, 0.3) is 10.8 Å². The summed E-state index contributed by atoms with van der Waals surface area (Å²) >= 11 is 6.49. The molecule has 8 nitrogen and oxygen atoms in total. The Labute approximate surface area is 217 Å². The topological polar surface area (TPSA) is 84.9 Å². The highest BCUT2D eigenvalue weighted by Crippen LogP contribution is 2.37. The summed E-state index contributed by atoms with van der Waals surface area (Å²) in [7, 11) is -3.97. The van der Waals surface area contributed by atoms with Crippen molar-refractivity contribution in [2.45, 2.75) is 37.4 Å². The lowest BCUT2D eigenvalue weighted by Gasteiger charge is -2.31. The Bertz CT molecular complexity index is 1430. The van der Waals surface area contributed by atoms with E-state index in [0.29, 0.717) is 17.3 Å². The van der Waals surface area contributed by atoms with Crippen molar-refractivity contribution in [1.82, 2.24) is 14.9 Å². The van der Waals surface area contributed by atoms with E-state index in [9.17, 15) is 21.6 Å². The van der Waals surface area contributed by atoms with Gasteiger partial charge in [-0.2, -0.15) is 31.6 Å². The minimum Gasteiger partial charge on any atom is -0.462 e. The number of hydrogen-bond donors (Lipinski definition) is 0. The molecule has 2 aliphatic rings. The molecule has 0 saturated carbocycles. The average Bonchev–Trinajstić information content (AvgIpc) is 3.26. The molecule has 198 valence electrons. The number of hydrogen-bond acceptors (Lipinski definition) is 8. The number of fused-ring (bicyclic) bond motifs is 2. The van der Waals surface area contributed by atoms with Crippen LogP contribution in [0.1, 0.15) is 24.1 Å². The van der Waals surface area contributed by atoms with Gasteiger partial charge < -0.3 is 18.7 Å². The van der Waals surface area contributed by atoms with E-state index in [1.165, 1.54) is 0 Å². The van der Waals surface area contributed by atoms with E-state index in [1.807, 2.05) is 42.3 Å². The van der Waals surface area contributed by atoms with E-state index in [0.717, 1.165) is 35.8 Å². The number of halogens is 4. The Morgan fingerprint density at radius 3 is 2.59 bits per heavy atom. The van der Waals surface area contributed by atoms with Crippen LogP contribution >= 0.6 is 11.6 Å². The van der Waals surface area contributed by atoms with Crippen molar-refractivity contribution in [2.24, 2.45) is 0 Å². The van der Waals surface area contributed by atoms with Gasteiger partial charge in [-0.3, -0.25) is 0 Å². The van der Waals surface area contributed by atoms with Crippen molar-refractivity contribution in [2.75, 3.05) is 31.6 Å². The molecule has 1 saturated heterocycles. The quantitative estimate of drug-likeness (QED) is 0.323. The van der Waals surface area contributed by atoms with E-state index >= 15 is 0 Å². The maximum absolute atomic E-state index is 13.1. The standard InChI is InChI=1S/C24H24ClF3N4O4S/c1-31-11-4-7-16(31)14-35-23-29-19-13-32(20-9-3-6-15-5-2-8-18(25)21(15)20)12-10-17(19)22(30-23)36-37(33,34)24(26,27)28/h2-3,5-6,8-9,16H,4,7,10-14H2,1H3. The van der Waals surface area contributed by atoms with Gasteiger partial charge in [0, 0.05) is 29.2 Å². The second-order valence-electron chi connectivity index (χ2n) is 9.09. The molecule has 37 heavy (non-hydrogen) atoms. The zero-order valence-corrected chi connectivity index (χ0v) is 21.4.